The van der Waals surface area contributed by atoms with Gasteiger partial charge in [0.2, 0.25) is 0 Å². The lowest BCUT2D eigenvalue weighted by molar-refractivity contribution is 0.153. The molecule has 0 heterocycles. The summed E-state index contributed by atoms with van der Waals surface area (Å²) in [6, 6.07) is 0. The lowest BCUT2D eigenvalue weighted by Gasteiger charge is -2.08. The van der Waals surface area contributed by atoms with Gasteiger partial charge < -0.3 is 5.11 Å². The van der Waals surface area contributed by atoms with E-state index in [4.69, 9.17) is 0 Å². The minimum Gasteiger partial charge on any atom is -0.393 e. The Kier molecular flexibility index (Phi) is 7.68. The maximum Gasteiger partial charge on any atom is 0.147 e. The lowest BCUT2D eigenvalue weighted by Crippen LogP contribution is -2.10. The molecule has 0 amide bonds. The molecule has 1 atom stereocenters. The number of aliphatic hydroxyl groups excluding tert-OH is 1. The van der Waals surface area contributed by atoms with Crippen LogP contribution in [0.2, 0.25) is 0 Å². The summed E-state index contributed by atoms with van der Waals surface area (Å²) in [7, 11) is -2.86. The van der Waals surface area contributed by atoms with Crippen LogP contribution in [0.4, 0.5) is 0 Å². The summed E-state index contributed by atoms with van der Waals surface area (Å²) in [4.78, 5) is 0. The van der Waals surface area contributed by atoms with E-state index in [-0.39, 0.29) is 11.9 Å². The van der Waals surface area contributed by atoms with E-state index < -0.39 is 9.84 Å². The molecule has 0 aliphatic rings. The molecule has 0 saturated carbocycles. The third-order valence-electron chi connectivity index (χ3n) is 1.94. The Hall–Kier alpha value is 0.260. The molecule has 0 radical (unpaired) electrons. The Morgan fingerprint density at radius 2 is 1.86 bits per heavy atom. The Labute approximate surface area is 91.2 Å². The van der Waals surface area contributed by atoms with Crippen molar-refractivity contribution < 1.29 is 13.5 Å². The predicted octanol–water partition coefficient (Wildman–Crippen LogP) is 1.32. The topological polar surface area (TPSA) is 54.4 Å². The van der Waals surface area contributed by atoms with Crippen molar-refractivity contribution in [3.05, 3.63) is 0 Å². The predicted molar refractivity (Wildman–Crippen MR) is 62.6 cm³/mol. The smallest absolute Gasteiger partial charge is 0.147 e. The number of sulfone groups is 1. The maximum atomic E-state index is 10.8. The molecule has 5 heteroatoms. The van der Waals surface area contributed by atoms with Gasteiger partial charge in [-0.1, -0.05) is 0 Å². The van der Waals surface area contributed by atoms with Crippen molar-refractivity contribution in [3.63, 3.8) is 0 Å². The van der Waals surface area contributed by atoms with Gasteiger partial charge in [0.25, 0.3) is 0 Å². The minimum atomic E-state index is -2.86. The molecule has 0 aromatic carbocycles. The van der Waals surface area contributed by atoms with Crippen molar-refractivity contribution in [1.29, 1.82) is 0 Å². The van der Waals surface area contributed by atoms with Gasteiger partial charge in [0, 0.05) is 12.0 Å². The molecule has 3 nitrogen and oxygen atoms in total. The van der Waals surface area contributed by atoms with E-state index in [1.54, 1.807) is 11.8 Å². The molecule has 0 rings (SSSR count). The monoisotopic (exact) mass is 240 g/mol. The van der Waals surface area contributed by atoms with Crippen LogP contribution in [-0.4, -0.2) is 43.6 Å². The Morgan fingerprint density at radius 1 is 1.29 bits per heavy atom. The van der Waals surface area contributed by atoms with Crippen LogP contribution in [-0.2, 0) is 9.84 Å². The van der Waals surface area contributed by atoms with Crippen LogP contribution in [0.3, 0.4) is 0 Å². The summed E-state index contributed by atoms with van der Waals surface area (Å²) in [5, 5.41) is 9.47. The largest absolute Gasteiger partial charge is 0.393 e. The Bertz CT molecular complexity index is 224. The van der Waals surface area contributed by atoms with Gasteiger partial charge in [-0.25, -0.2) is 8.42 Å². The first-order valence-corrected chi connectivity index (χ1v) is 8.26. The molecule has 0 aromatic rings. The highest BCUT2D eigenvalue weighted by molar-refractivity contribution is 7.98. The van der Waals surface area contributed by atoms with E-state index in [1.807, 2.05) is 6.26 Å². The van der Waals surface area contributed by atoms with E-state index in [0.717, 1.165) is 18.6 Å². The number of aliphatic hydroxyl groups is 1. The van der Waals surface area contributed by atoms with Crippen molar-refractivity contribution in [2.45, 2.75) is 31.8 Å². The van der Waals surface area contributed by atoms with Crippen LogP contribution in [0.15, 0.2) is 0 Å². The SMILES string of the molecule is CSCCCC(O)CCCS(C)(=O)=O. The molecule has 1 unspecified atom stereocenters. The van der Waals surface area contributed by atoms with Gasteiger partial charge >= 0.3 is 0 Å². The zero-order valence-corrected chi connectivity index (χ0v) is 10.5. The van der Waals surface area contributed by atoms with Gasteiger partial charge in [0.1, 0.15) is 9.84 Å². The maximum absolute atomic E-state index is 10.8. The minimum absolute atomic E-state index is 0.187. The average molecular weight is 240 g/mol. The molecule has 0 aliphatic carbocycles. The van der Waals surface area contributed by atoms with E-state index in [1.165, 1.54) is 6.26 Å². The van der Waals surface area contributed by atoms with Gasteiger partial charge in [0.05, 0.1) is 6.10 Å². The molecule has 0 spiro atoms. The number of hydrogen-bond acceptors (Lipinski definition) is 4. The first-order chi connectivity index (χ1) is 6.45. The number of rotatable bonds is 8. The van der Waals surface area contributed by atoms with Crippen molar-refractivity contribution in [2.24, 2.45) is 0 Å². The van der Waals surface area contributed by atoms with E-state index in [9.17, 15) is 13.5 Å². The summed E-state index contributed by atoms with van der Waals surface area (Å²) in [5.74, 6) is 1.25. The zero-order valence-electron chi connectivity index (χ0n) is 8.90. The Balaban J connectivity index is 3.40. The molecular weight excluding hydrogens is 220 g/mol. The second-order valence-corrected chi connectivity index (χ2v) is 6.81. The average Bonchev–Trinajstić information content (AvgIpc) is 2.02. The standard InChI is InChI=1S/C9H20O3S2/c1-13-7-3-5-9(10)6-4-8-14(2,11)12/h9-10H,3-8H2,1-2H3. The second kappa shape index (κ2) is 7.54. The molecule has 1 N–H and O–H groups in total. The van der Waals surface area contributed by atoms with Gasteiger partial charge in [-0.2, -0.15) is 11.8 Å². The van der Waals surface area contributed by atoms with Crippen molar-refractivity contribution in [3.8, 4) is 0 Å². The Morgan fingerprint density at radius 3 is 2.36 bits per heavy atom. The third-order valence-corrected chi connectivity index (χ3v) is 3.67. The summed E-state index contributed by atoms with van der Waals surface area (Å²) in [6.07, 6.45) is 5.89. The fourth-order valence-electron chi connectivity index (χ4n) is 1.19. The third kappa shape index (κ3) is 10.3. The van der Waals surface area contributed by atoms with Gasteiger partial charge in [0.15, 0.2) is 0 Å². The highest BCUT2D eigenvalue weighted by Gasteiger charge is 2.06. The highest BCUT2D eigenvalue weighted by atomic mass is 32.2. The molecular formula is C9H20O3S2. The first kappa shape index (κ1) is 14.3. The molecule has 0 aromatic heterocycles. The second-order valence-electron chi connectivity index (χ2n) is 3.56. The summed E-state index contributed by atoms with van der Waals surface area (Å²) < 4.78 is 21.6. The van der Waals surface area contributed by atoms with Crippen LogP contribution >= 0.6 is 11.8 Å². The fourth-order valence-corrected chi connectivity index (χ4v) is 2.34. The molecule has 0 saturated heterocycles. The van der Waals surface area contributed by atoms with Gasteiger partial charge in [-0.05, 0) is 37.7 Å². The summed E-state index contributed by atoms with van der Waals surface area (Å²) in [5.41, 5.74) is 0. The van der Waals surface area contributed by atoms with Crippen LogP contribution in [0.5, 0.6) is 0 Å². The van der Waals surface area contributed by atoms with E-state index >= 15 is 0 Å². The summed E-state index contributed by atoms with van der Waals surface area (Å²) >= 11 is 1.76. The van der Waals surface area contributed by atoms with Crippen molar-refractivity contribution in [1.82, 2.24) is 0 Å². The quantitative estimate of drug-likeness (QED) is 0.650. The molecule has 14 heavy (non-hydrogen) atoms. The van der Waals surface area contributed by atoms with Crippen LogP contribution in [0.25, 0.3) is 0 Å². The van der Waals surface area contributed by atoms with E-state index in [0.29, 0.717) is 12.8 Å². The van der Waals surface area contributed by atoms with Gasteiger partial charge in [-0.3, -0.25) is 0 Å². The normalized spacial score (nSPS) is 14.2. The molecule has 0 bridgehead atoms. The number of hydrogen-bond donors (Lipinski definition) is 1. The van der Waals surface area contributed by atoms with E-state index in [2.05, 4.69) is 0 Å². The van der Waals surface area contributed by atoms with Crippen LogP contribution < -0.4 is 0 Å². The van der Waals surface area contributed by atoms with Crippen LogP contribution in [0.1, 0.15) is 25.7 Å². The fraction of sp³-hybridized carbons (Fsp3) is 1.00. The molecule has 86 valence electrons. The zero-order chi connectivity index (χ0) is 11.0. The van der Waals surface area contributed by atoms with Crippen molar-refractivity contribution in [2.75, 3.05) is 24.0 Å². The lowest BCUT2D eigenvalue weighted by atomic mass is 10.1. The molecule has 0 aliphatic heterocycles. The number of thioether (sulfide) groups is 1. The van der Waals surface area contributed by atoms with Gasteiger partial charge in [-0.15, -0.1) is 0 Å². The highest BCUT2D eigenvalue weighted by Crippen LogP contribution is 2.08. The van der Waals surface area contributed by atoms with Crippen molar-refractivity contribution >= 4 is 21.6 Å². The van der Waals surface area contributed by atoms with Crippen LogP contribution in [0, 0.1) is 0 Å². The first-order valence-electron chi connectivity index (χ1n) is 4.80. The molecule has 0 fully saturated rings. The summed E-state index contributed by atoms with van der Waals surface area (Å²) in [6.45, 7) is 0.